The van der Waals surface area contributed by atoms with Crippen LogP contribution in [0.1, 0.15) is 32.3 Å². The number of hydrogen-bond acceptors (Lipinski definition) is 4. The molecule has 3 rings (SSSR count). The Hall–Kier alpha value is -2.69. The van der Waals surface area contributed by atoms with Crippen molar-refractivity contribution >= 4 is 27.5 Å². The lowest BCUT2D eigenvalue weighted by Gasteiger charge is -2.19. The van der Waals surface area contributed by atoms with Crippen LogP contribution in [-0.4, -0.2) is 31.9 Å². The molecule has 4 nitrogen and oxygen atoms in total. The minimum Gasteiger partial charge on any atom is -0.454 e. The van der Waals surface area contributed by atoms with Crippen LogP contribution < -0.4 is 0 Å². The van der Waals surface area contributed by atoms with Crippen molar-refractivity contribution in [1.82, 2.24) is 0 Å². The number of unbranched alkanes of at least 4 members (excludes halogenated alkanes) is 1. The Morgan fingerprint density at radius 2 is 1.57 bits per heavy atom. The number of benzene rings is 3. The van der Waals surface area contributed by atoms with Crippen LogP contribution in [-0.2, 0) is 25.6 Å². The predicted octanol–water partition coefficient (Wildman–Crippen LogP) is 5.81. The molecule has 0 saturated heterocycles. The summed E-state index contributed by atoms with van der Waals surface area (Å²) < 4.78 is 17.2. The number of hydrogen-bond donors (Lipinski definition) is 0. The highest BCUT2D eigenvalue weighted by Crippen LogP contribution is 2.29. The van der Waals surface area contributed by atoms with Crippen molar-refractivity contribution in [2.45, 2.75) is 39.4 Å². The van der Waals surface area contributed by atoms with Crippen LogP contribution in [0, 0.1) is 0 Å². The average Bonchev–Trinajstić information content (AvgIpc) is 2.75. The van der Waals surface area contributed by atoms with Gasteiger partial charge in [0.1, 0.15) is 6.10 Å². The molecular weight excluding hydrogens is 376 g/mol. The van der Waals surface area contributed by atoms with E-state index in [1.807, 2.05) is 24.3 Å². The van der Waals surface area contributed by atoms with Crippen molar-refractivity contribution in [3.05, 3.63) is 72.3 Å². The lowest BCUT2D eigenvalue weighted by Crippen LogP contribution is -2.29. The lowest BCUT2D eigenvalue weighted by molar-refractivity contribution is -0.151. The Morgan fingerprint density at radius 3 is 2.17 bits per heavy atom. The van der Waals surface area contributed by atoms with E-state index >= 15 is 0 Å². The first kappa shape index (κ1) is 22.0. The van der Waals surface area contributed by atoms with E-state index < -0.39 is 12.1 Å². The molecule has 0 aliphatic heterocycles. The van der Waals surface area contributed by atoms with E-state index in [4.69, 9.17) is 14.2 Å². The highest BCUT2D eigenvalue weighted by molar-refractivity contribution is 6.02. The second kappa shape index (κ2) is 10.9. The number of rotatable bonds is 11. The maximum atomic E-state index is 12.0. The SMILES string of the molecule is C=C(C)C(=O)OC(COCCCC)COCc1c2ccccc2cc2ccccc12. The van der Waals surface area contributed by atoms with Gasteiger partial charge in [0.05, 0.1) is 19.8 Å². The molecule has 0 radical (unpaired) electrons. The van der Waals surface area contributed by atoms with Crippen LogP contribution in [0.25, 0.3) is 21.5 Å². The van der Waals surface area contributed by atoms with Gasteiger partial charge in [-0.15, -0.1) is 0 Å². The van der Waals surface area contributed by atoms with Gasteiger partial charge in [0.15, 0.2) is 0 Å². The maximum Gasteiger partial charge on any atom is 0.333 e. The fraction of sp³-hybridized carbons (Fsp3) is 0.346. The van der Waals surface area contributed by atoms with Crippen molar-refractivity contribution in [3.8, 4) is 0 Å². The smallest absolute Gasteiger partial charge is 0.333 e. The van der Waals surface area contributed by atoms with Gasteiger partial charge in [0, 0.05) is 12.2 Å². The molecule has 0 saturated carbocycles. The molecule has 0 fully saturated rings. The molecular formula is C26H30O4. The minimum absolute atomic E-state index is 0.267. The van der Waals surface area contributed by atoms with Crippen molar-refractivity contribution in [1.29, 1.82) is 0 Å². The molecule has 0 heterocycles. The van der Waals surface area contributed by atoms with Gasteiger partial charge >= 0.3 is 5.97 Å². The Kier molecular flexibility index (Phi) is 8.00. The third-order valence-electron chi connectivity index (χ3n) is 5.00. The van der Waals surface area contributed by atoms with Gasteiger partial charge < -0.3 is 14.2 Å². The first-order valence-electron chi connectivity index (χ1n) is 10.5. The third-order valence-corrected chi connectivity index (χ3v) is 5.00. The zero-order chi connectivity index (χ0) is 21.3. The van der Waals surface area contributed by atoms with Crippen molar-refractivity contribution in [3.63, 3.8) is 0 Å². The van der Waals surface area contributed by atoms with Crippen LogP contribution >= 0.6 is 0 Å². The monoisotopic (exact) mass is 406 g/mol. The summed E-state index contributed by atoms with van der Waals surface area (Å²) in [6, 6.07) is 18.8. The zero-order valence-electron chi connectivity index (χ0n) is 17.9. The highest BCUT2D eigenvalue weighted by Gasteiger charge is 2.17. The summed E-state index contributed by atoms with van der Waals surface area (Å²) in [5, 5.41) is 4.71. The first-order chi connectivity index (χ1) is 14.6. The van der Waals surface area contributed by atoms with Crippen molar-refractivity contribution < 1.29 is 19.0 Å². The fourth-order valence-corrected chi connectivity index (χ4v) is 3.39. The van der Waals surface area contributed by atoms with Crippen LogP contribution in [0.3, 0.4) is 0 Å². The van der Waals surface area contributed by atoms with Crippen LogP contribution in [0.2, 0.25) is 0 Å². The summed E-state index contributed by atoms with van der Waals surface area (Å²) in [4.78, 5) is 12.0. The molecule has 0 aliphatic carbocycles. The molecule has 0 bridgehead atoms. The third kappa shape index (κ3) is 5.68. The number of carbonyl (C=O) groups excluding carboxylic acids is 1. The van der Waals surface area contributed by atoms with Gasteiger partial charge in [0.25, 0.3) is 0 Å². The summed E-state index contributed by atoms with van der Waals surface area (Å²) in [6.45, 7) is 9.06. The van der Waals surface area contributed by atoms with Gasteiger partial charge in [-0.3, -0.25) is 0 Å². The molecule has 1 atom stereocenters. The zero-order valence-corrected chi connectivity index (χ0v) is 17.9. The molecule has 3 aromatic carbocycles. The number of esters is 1. The highest BCUT2D eigenvalue weighted by atomic mass is 16.6. The quantitative estimate of drug-likeness (QED) is 0.174. The lowest BCUT2D eigenvalue weighted by atomic mass is 9.97. The van der Waals surface area contributed by atoms with E-state index in [0.717, 1.165) is 18.4 Å². The summed E-state index contributed by atoms with van der Waals surface area (Å²) in [6.07, 6.45) is 1.57. The minimum atomic E-state index is -0.465. The topological polar surface area (TPSA) is 44.8 Å². The van der Waals surface area contributed by atoms with Gasteiger partial charge in [0.2, 0.25) is 0 Å². The molecule has 0 aromatic heterocycles. The maximum absolute atomic E-state index is 12.0. The van der Waals surface area contributed by atoms with E-state index in [2.05, 4.69) is 43.8 Å². The molecule has 0 spiro atoms. The molecule has 1 unspecified atom stereocenters. The van der Waals surface area contributed by atoms with E-state index in [-0.39, 0.29) is 6.61 Å². The summed E-state index contributed by atoms with van der Waals surface area (Å²) in [5.74, 6) is -0.418. The van der Waals surface area contributed by atoms with E-state index in [1.165, 1.54) is 21.5 Å². The number of fused-ring (bicyclic) bond motifs is 2. The first-order valence-corrected chi connectivity index (χ1v) is 10.5. The summed E-state index contributed by atoms with van der Waals surface area (Å²) in [7, 11) is 0. The average molecular weight is 407 g/mol. The fourth-order valence-electron chi connectivity index (χ4n) is 3.39. The van der Waals surface area contributed by atoms with Gasteiger partial charge in [-0.25, -0.2) is 4.79 Å². The second-order valence-electron chi connectivity index (χ2n) is 7.55. The van der Waals surface area contributed by atoms with E-state index in [0.29, 0.717) is 25.4 Å². The Balaban J connectivity index is 1.73. The molecule has 30 heavy (non-hydrogen) atoms. The van der Waals surface area contributed by atoms with E-state index in [1.54, 1.807) is 6.92 Å². The second-order valence-corrected chi connectivity index (χ2v) is 7.55. The van der Waals surface area contributed by atoms with Crippen molar-refractivity contribution in [2.24, 2.45) is 0 Å². The molecule has 0 aliphatic rings. The summed E-state index contributed by atoms with van der Waals surface area (Å²) in [5.41, 5.74) is 1.51. The summed E-state index contributed by atoms with van der Waals surface area (Å²) >= 11 is 0. The van der Waals surface area contributed by atoms with Gasteiger partial charge in [-0.05, 0) is 46.5 Å². The van der Waals surface area contributed by atoms with Crippen LogP contribution in [0.5, 0.6) is 0 Å². The van der Waals surface area contributed by atoms with Crippen LogP contribution in [0.15, 0.2) is 66.7 Å². The molecule has 0 N–H and O–H groups in total. The van der Waals surface area contributed by atoms with Crippen molar-refractivity contribution in [2.75, 3.05) is 19.8 Å². The van der Waals surface area contributed by atoms with Gasteiger partial charge in [-0.2, -0.15) is 0 Å². The van der Waals surface area contributed by atoms with Gasteiger partial charge in [-0.1, -0.05) is 68.5 Å². The Morgan fingerprint density at radius 1 is 0.967 bits per heavy atom. The Labute approximate surface area is 178 Å². The number of ether oxygens (including phenoxy) is 3. The standard InChI is InChI=1S/C26H30O4/c1-4-5-14-28-16-22(30-26(27)19(2)3)17-29-18-25-23-12-8-6-10-20(23)15-21-11-7-9-13-24(21)25/h6-13,15,22H,2,4-5,14,16-18H2,1,3H3. The molecule has 4 heteroatoms. The normalized spacial score (nSPS) is 12.2. The largest absolute Gasteiger partial charge is 0.454 e. The molecule has 0 amide bonds. The predicted molar refractivity (Wildman–Crippen MR) is 122 cm³/mol. The van der Waals surface area contributed by atoms with E-state index in [9.17, 15) is 4.79 Å². The number of carbonyl (C=O) groups is 1. The van der Waals surface area contributed by atoms with Crippen LogP contribution in [0.4, 0.5) is 0 Å². The molecule has 158 valence electrons. The molecule has 3 aromatic rings. The Bertz CT molecular complexity index is 954.